The lowest BCUT2D eigenvalue weighted by Gasteiger charge is -1.92. The van der Waals surface area contributed by atoms with Crippen molar-refractivity contribution in [1.82, 2.24) is 0 Å². The average molecular weight is 176 g/mol. The van der Waals surface area contributed by atoms with Crippen molar-refractivity contribution in [3.8, 4) is 0 Å². The summed E-state index contributed by atoms with van der Waals surface area (Å²) in [6, 6.07) is 0. The molecule has 0 fully saturated rings. The van der Waals surface area contributed by atoms with Gasteiger partial charge in [-0.2, -0.15) is 0 Å². The van der Waals surface area contributed by atoms with Crippen LogP contribution in [-0.2, 0) is 0 Å². The molecule has 0 amide bonds. The normalized spacial score (nSPS) is 27.7. The predicted molar refractivity (Wildman–Crippen MR) is 59.7 cm³/mol. The fourth-order valence-electron chi connectivity index (χ4n) is 1.46. The minimum atomic E-state index is 1.11. The van der Waals surface area contributed by atoms with Crippen LogP contribution in [0, 0.1) is 0 Å². The van der Waals surface area contributed by atoms with Gasteiger partial charge in [0.05, 0.1) is 0 Å². The van der Waals surface area contributed by atoms with Crippen LogP contribution in [0.15, 0.2) is 36.5 Å². The second kappa shape index (κ2) is 7.85. The number of allylic oxidation sites excluding steroid dienone is 6. The fourth-order valence-corrected chi connectivity index (χ4v) is 1.46. The molecule has 0 heteroatoms. The van der Waals surface area contributed by atoms with Crippen LogP contribution in [0.25, 0.3) is 0 Å². The van der Waals surface area contributed by atoms with E-state index in [-0.39, 0.29) is 0 Å². The molecule has 0 bridgehead atoms. The van der Waals surface area contributed by atoms with Gasteiger partial charge in [-0.3, -0.25) is 0 Å². The Morgan fingerprint density at radius 3 is 1.62 bits per heavy atom. The SMILES string of the molecule is C1=C\CC/C=C/CCCC/C=C/C/1. The lowest BCUT2D eigenvalue weighted by Crippen LogP contribution is -1.72. The molecule has 72 valence electrons. The van der Waals surface area contributed by atoms with Gasteiger partial charge >= 0.3 is 0 Å². The molecule has 0 heterocycles. The Morgan fingerprint density at radius 2 is 0.923 bits per heavy atom. The summed E-state index contributed by atoms with van der Waals surface area (Å²) in [4.78, 5) is 0. The zero-order chi connectivity index (χ0) is 9.19. The molecule has 0 N–H and O–H groups in total. The van der Waals surface area contributed by atoms with E-state index < -0.39 is 0 Å². The maximum absolute atomic E-state index is 2.33. The highest BCUT2D eigenvalue weighted by atomic mass is 13.9. The Bertz CT molecular complexity index is 184. The topological polar surface area (TPSA) is 0 Å². The standard InChI is InChI=1S/C13H20/c1-2-4-6-8-10-12-13-11-9-7-5-3-1/h1-2,5,7-8,10H,3-4,6,9,11-13H2/b2-1-,7-5+,10-8+. The van der Waals surface area contributed by atoms with E-state index in [0.717, 1.165) is 6.42 Å². The quantitative estimate of drug-likeness (QED) is 0.480. The summed E-state index contributed by atoms with van der Waals surface area (Å²) in [5.41, 5.74) is 0. The first kappa shape index (κ1) is 10.3. The molecule has 0 radical (unpaired) electrons. The molecule has 0 aromatic carbocycles. The highest BCUT2D eigenvalue weighted by molar-refractivity contribution is 4.94. The molecule has 0 nitrogen and oxygen atoms in total. The van der Waals surface area contributed by atoms with Crippen LogP contribution in [0.5, 0.6) is 0 Å². The van der Waals surface area contributed by atoms with E-state index in [1.54, 1.807) is 0 Å². The molecular formula is C13H20. The molecule has 0 aliphatic heterocycles. The second-order valence-corrected chi connectivity index (χ2v) is 3.51. The van der Waals surface area contributed by atoms with E-state index in [2.05, 4.69) is 36.5 Å². The molecule has 1 aliphatic carbocycles. The Hall–Kier alpha value is -0.780. The highest BCUT2D eigenvalue weighted by Crippen LogP contribution is 2.04. The first-order valence-corrected chi connectivity index (χ1v) is 5.45. The van der Waals surface area contributed by atoms with Crippen LogP contribution in [0.2, 0.25) is 0 Å². The zero-order valence-electron chi connectivity index (χ0n) is 8.41. The molecule has 0 saturated carbocycles. The Labute approximate surface area is 82.0 Å². The summed E-state index contributed by atoms with van der Waals surface area (Å²) in [6.45, 7) is 0. The lowest BCUT2D eigenvalue weighted by molar-refractivity contribution is 0.759. The van der Waals surface area contributed by atoms with E-state index in [4.69, 9.17) is 0 Å². The molecule has 0 spiro atoms. The molecule has 0 unspecified atom stereocenters. The lowest BCUT2D eigenvalue weighted by atomic mass is 10.1. The first-order valence-electron chi connectivity index (χ1n) is 5.45. The molecule has 0 aromatic heterocycles. The summed E-state index contributed by atoms with van der Waals surface area (Å²) in [6.07, 6.45) is 22.5. The Kier molecular flexibility index (Phi) is 6.22. The molecular weight excluding hydrogens is 156 g/mol. The molecule has 0 atom stereocenters. The van der Waals surface area contributed by atoms with Gasteiger partial charge in [0.2, 0.25) is 0 Å². The third kappa shape index (κ3) is 6.39. The maximum atomic E-state index is 2.33. The predicted octanol–water partition coefficient (Wildman–Crippen LogP) is 4.40. The van der Waals surface area contributed by atoms with Crippen LogP contribution in [-0.4, -0.2) is 0 Å². The van der Waals surface area contributed by atoms with E-state index in [0.29, 0.717) is 0 Å². The Balaban J connectivity index is 2.28. The minimum absolute atomic E-state index is 1.11. The van der Waals surface area contributed by atoms with Crippen LogP contribution in [0.4, 0.5) is 0 Å². The summed E-state index contributed by atoms with van der Waals surface area (Å²) in [5, 5.41) is 0. The summed E-state index contributed by atoms with van der Waals surface area (Å²) in [7, 11) is 0. The number of rotatable bonds is 0. The van der Waals surface area contributed by atoms with Gasteiger partial charge < -0.3 is 0 Å². The van der Waals surface area contributed by atoms with Crippen molar-refractivity contribution in [2.75, 3.05) is 0 Å². The van der Waals surface area contributed by atoms with Crippen molar-refractivity contribution in [1.29, 1.82) is 0 Å². The van der Waals surface area contributed by atoms with Gasteiger partial charge in [0.25, 0.3) is 0 Å². The van der Waals surface area contributed by atoms with E-state index >= 15 is 0 Å². The summed E-state index contributed by atoms with van der Waals surface area (Å²) < 4.78 is 0. The minimum Gasteiger partial charge on any atom is -0.0885 e. The van der Waals surface area contributed by atoms with Crippen LogP contribution in [0.1, 0.15) is 44.9 Å². The van der Waals surface area contributed by atoms with Gasteiger partial charge in [0.1, 0.15) is 0 Å². The largest absolute Gasteiger partial charge is 0.0885 e. The number of hydrogen-bond donors (Lipinski definition) is 0. The van der Waals surface area contributed by atoms with Crippen molar-refractivity contribution in [3.63, 3.8) is 0 Å². The van der Waals surface area contributed by atoms with E-state index in [1.807, 2.05) is 0 Å². The Morgan fingerprint density at radius 1 is 0.462 bits per heavy atom. The third-order valence-corrected chi connectivity index (χ3v) is 2.26. The van der Waals surface area contributed by atoms with Gasteiger partial charge in [0.15, 0.2) is 0 Å². The number of hydrogen-bond acceptors (Lipinski definition) is 0. The second-order valence-electron chi connectivity index (χ2n) is 3.51. The summed E-state index contributed by atoms with van der Waals surface area (Å²) >= 11 is 0. The van der Waals surface area contributed by atoms with Crippen molar-refractivity contribution >= 4 is 0 Å². The van der Waals surface area contributed by atoms with Gasteiger partial charge in [-0.25, -0.2) is 0 Å². The zero-order valence-corrected chi connectivity index (χ0v) is 8.41. The van der Waals surface area contributed by atoms with Crippen LogP contribution >= 0.6 is 0 Å². The third-order valence-electron chi connectivity index (χ3n) is 2.26. The fraction of sp³-hybridized carbons (Fsp3) is 0.538. The molecule has 13 heavy (non-hydrogen) atoms. The van der Waals surface area contributed by atoms with Crippen molar-refractivity contribution in [3.05, 3.63) is 36.5 Å². The molecule has 0 saturated heterocycles. The maximum Gasteiger partial charge on any atom is -0.0169 e. The van der Waals surface area contributed by atoms with Gasteiger partial charge in [-0.1, -0.05) is 36.5 Å². The van der Waals surface area contributed by atoms with E-state index in [1.165, 1.54) is 38.5 Å². The van der Waals surface area contributed by atoms with Crippen LogP contribution < -0.4 is 0 Å². The van der Waals surface area contributed by atoms with E-state index in [9.17, 15) is 0 Å². The van der Waals surface area contributed by atoms with Gasteiger partial charge in [0, 0.05) is 0 Å². The van der Waals surface area contributed by atoms with Gasteiger partial charge in [-0.05, 0) is 44.9 Å². The first-order chi connectivity index (χ1) is 6.50. The average Bonchev–Trinajstić information content (AvgIpc) is 2.18. The van der Waals surface area contributed by atoms with Gasteiger partial charge in [-0.15, -0.1) is 0 Å². The summed E-state index contributed by atoms with van der Waals surface area (Å²) in [5.74, 6) is 0. The van der Waals surface area contributed by atoms with Crippen molar-refractivity contribution < 1.29 is 0 Å². The molecule has 1 aliphatic rings. The molecule has 1 rings (SSSR count). The smallest absolute Gasteiger partial charge is 0.0169 e. The molecule has 0 aromatic rings. The van der Waals surface area contributed by atoms with Crippen molar-refractivity contribution in [2.45, 2.75) is 44.9 Å². The van der Waals surface area contributed by atoms with Crippen molar-refractivity contribution in [2.24, 2.45) is 0 Å². The highest BCUT2D eigenvalue weighted by Gasteiger charge is 1.84. The van der Waals surface area contributed by atoms with Crippen LogP contribution in [0.3, 0.4) is 0 Å². The monoisotopic (exact) mass is 176 g/mol.